The summed E-state index contributed by atoms with van der Waals surface area (Å²) in [4.78, 5) is 0. The maximum Gasteiger partial charge on any atom is 0.668 e. The van der Waals surface area contributed by atoms with Crippen LogP contribution in [0.25, 0.3) is 0 Å². The van der Waals surface area contributed by atoms with Gasteiger partial charge in [-0.1, -0.05) is 0 Å². The Morgan fingerprint density at radius 3 is 1.73 bits per heavy atom. The molecule has 1 radical (unpaired) electrons. The van der Waals surface area contributed by atoms with Gasteiger partial charge in [-0.15, -0.1) is 0 Å². The molecule has 0 aliphatic heterocycles. The Labute approximate surface area is 77.1 Å². The zero-order chi connectivity index (χ0) is 8.36. The van der Waals surface area contributed by atoms with E-state index in [-0.39, 0.29) is 18.7 Å². The minimum Gasteiger partial charge on any atom is -0.482 e. The number of hydrogen-bond donors (Lipinski definition) is 0. The van der Waals surface area contributed by atoms with Crippen LogP contribution < -0.4 is 0 Å². The van der Waals surface area contributed by atoms with E-state index in [0.717, 1.165) is 0 Å². The Hall–Kier alpha value is 0.372. The van der Waals surface area contributed by atoms with Crippen LogP contribution in [0.4, 0.5) is 0 Å². The van der Waals surface area contributed by atoms with Crippen LogP contribution in [0, 0.1) is 0 Å². The summed E-state index contributed by atoms with van der Waals surface area (Å²) in [6, 6.07) is 0. The first kappa shape index (κ1) is 11.4. The molecule has 0 aromatic rings. The van der Waals surface area contributed by atoms with Crippen LogP contribution in [0.3, 0.4) is 0 Å². The summed E-state index contributed by atoms with van der Waals surface area (Å²) in [5.41, 5.74) is 0. The first-order chi connectivity index (χ1) is 5.41. The van der Waals surface area contributed by atoms with Gasteiger partial charge in [0.15, 0.2) is 0 Å². The third kappa shape index (κ3) is 10.4. The van der Waals surface area contributed by atoms with Crippen molar-refractivity contribution >= 4 is 15.9 Å². The van der Waals surface area contributed by atoms with Gasteiger partial charge in [-0.05, 0) is 0 Å². The van der Waals surface area contributed by atoms with Crippen molar-refractivity contribution in [2.24, 2.45) is 0 Å². The van der Waals surface area contributed by atoms with Crippen molar-refractivity contribution in [3.05, 3.63) is 0 Å². The fourth-order valence-corrected chi connectivity index (χ4v) is 0.888. The number of methoxy groups -OCH3 is 2. The SMILES string of the molecule is COCC[O][Al][O]CCOC.[HH].[HH]. The molecule has 0 rings (SSSR count). The number of hydrogen-bond acceptors (Lipinski definition) is 4. The smallest absolute Gasteiger partial charge is 0.482 e. The molecule has 0 aliphatic rings. The Balaban J connectivity index is -0.000000500. The molecule has 0 aromatic heterocycles. The molecule has 4 nitrogen and oxygen atoms in total. The van der Waals surface area contributed by atoms with E-state index in [0.29, 0.717) is 26.4 Å². The van der Waals surface area contributed by atoms with Crippen molar-refractivity contribution in [2.45, 2.75) is 0 Å². The molecule has 0 N–H and O–H groups in total. The maximum absolute atomic E-state index is 5.10. The lowest BCUT2D eigenvalue weighted by Crippen LogP contribution is -2.12. The predicted octanol–water partition coefficient (Wildman–Crippen LogP) is 0.339. The van der Waals surface area contributed by atoms with Crippen LogP contribution in [0.15, 0.2) is 0 Å². The first-order valence-electron chi connectivity index (χ1n) is 3.44. The molecule has 0 aromatic carbocycles. The largest absolute Gasteiger partial charge is 0.668 e. The minimum atomic E-state index is -0.349. The number of rotatable bonds is 8. The van der Waals surface area contributed by atoms with Gasteiger partial charge >= 0.3 is 15.9 Å². The monoisotopic (exact) mass is 181 g/mol. The van der Waals surface area contributed by atoms with E-state index in [1.165, 1.54) is 0 Å². The third-order valence-electron chi connectivity index (χ3n) is 0.947. The zero-order valence-electron chi connectivity index (χ0n) is 7.04. The molecule has 69 valence electrons. The molecule has 0 saturated heterocycles. The van der Waals surface area contributed by atoms with Gasteiger partial charge in [0.05, 0.1) is 13.2 Å². The third-order valence-corrected chi connectivity index (χ3v) is 1.69. The van der Waals surface area contributed by atoms with Crippen LogP contribution >= 0.6 is 0 Å². The summed E-state index contributed by atoms with van der Waals surface area (Å²) in [6.07, 6.45) is 0. The molecule has 11 heavy (non-hydrogen) atoms. The van der Waals surface area contributed by atoms with E-state index < -0.39 is 0 Å². The van der Waals surface area contributed by atoms with E-state index in [1.54, 1.807) is 14.2 Å². The molecule has 0 aliphatic carbocycles. The summed E-state index contributed by atoms with van der Waals surface area (Å²) in [6.45, 7) is 2.47. The van der Waals surface area contributed by atoms with Gasteiger partial charge in [0.25, 0.3) is 0 Å². The molecule has 0 atom stereocenters. The first-order valence-corrected chi connectivity index (χ1v) is 4.39. The summed E-state index contributed by atoms with van der Waals surface area (Å²) in [5.74, 6) is 0. The van der Waals surface area contributed by atoms with E-state index in [2.05, 4.69) is 0 Å². The highest BCUT2D eigenvalue weighted by Crippen LogP contribution is 1.76. The highest BCUT2D eigenvalue weighted by atomic mass is 27.2. The molecule has 0 saturated carbocycles. The lowest BCUT2D eigenvalue weighted by molar-refractivity contribution is 0.110. The fraction of sp³-hybridized carbons (Fsp3) is 1.00. The van der Waals surface area contributed by atoms with Gasteiger partial charge in [0.1, 0.15) is 0 Å². The Kier molecular flexibility index (Phi) is 10.7. The van der Waals surface area contributed by atoms with Crippen LogP contribution in [0.1, 0.15) is 2.85 Å². The van der Waals surface area contributed by atoms with Crippen molar-refractivity contribution in [3.63, 3.8) is 0 Å². The van der Waals surface area contributed by atoms with Crippen LogP contribution in [-0.4, -0.2) is 56.5 Å². The Morgan fingerprint density at radius 1 is 0.909 bits per heavy atom. The van der Waals surface area contributed by atoms with Gasteiger partial charge < -0.3 is 17.1 Å². The molecule has 0 heterocycles. The molecule has 0 spiro atoms. The molecule has 0 amide bonds. The minimum absolute atomic E-state index is 0. The predicted molar refractivity (Wildman–Crippen MR) is 45.6 cm³/mol. The van der Waals surface area contributed by atoms with Crippen molar-refractivity contribution in [1.29, 1.82) is 0 Å². The summed E-state index contributed by atoms with van der Waals surface area (Å²) in [7, 11) is 3.29. The summed E-state index contributed by atoms with van der Waals surface area (Å²) < 4.78 is 19.8. The van der Waals surface area contributed by atoms with E-state index >= 15 is 0 Å². The Morgan fingerprint density at radius 2 is 1.36 bits per heavy atom. The van der Waals surface area contributed by atoms with Gasteiger partial charge in [-0.2, -0.15) is 0 Å². The normalized spacial score (nSPS) is 10.0. The second-order valence-corrected chi connectivity index (χ2v) is 2.68. The number of ether oxygens (including phenoxy) is 2. The van der Waals surface area contributed by atoms with E-state index in [9.17, 15) is 0 Å². The lowest BCUT2D eigenvalue weighted by Gasteiger charge is -2.02. The quantitative estimate of drug-likeness (QED) is 0.399. The van der Waals surface area contributed by atoms with E-state index in [1.807, 2.05) is 0 Å². The second-order valence-electron chi connectivity index (χ2n) is 1.82. The van der Waals surface area contributed by atoms with Gasteiger partial charge in [-0.3, -0.25) is 0 Å². The van der Waals surface area contributed by atoms with Crippen LogP contribution in [0.2, 0.25) is 0 Å². The average molecular weight is 181 g/mol. The van der Waals surface area contributed by atoms with Crippen molar-refractivity contribution < 1.29 is 19.9 Å². The highest BCUT2D eigenvalue weighted by molar-refractivity contribution is 6.17. The summed E-state index contributed by atoms with van der Waals surface area (Å²) in [5, 5.41) is 0. The summed E-state index contributed by atoms with van der Waals surface area (Å²) >= 11 is -0.349. The maximum atomic E-state index is 5.10. The topological polar surface area (TPSA) is 36.9 Å². The highest BCUT2D eigenvalue weighted by Gasteiger charge is 1.95. The van der Waals surface area contributed by atoms with Crippen LogP contribution in [0.5, 0.6) is 0 Å². The molecule has 5 heteroatoms. The second kappa shape index (κ2) is 10.4. The molecule has 0 fully saturated rings. The van der Waals surface area contributed by atoms with Crippen molar-refractivity contribution in [1.82, 2.24) is 0 Å². The van der Waals surface area contributed by atoms with Gasteiger partial charge in [0.2, 0.25) is 0 Å². The van der Waals surface area contributed by atoms with Gasteiger partial charge in [0, 0.05) is 30.3 Å². The lowest BCUT2D eigenvalue weighted by atomic mass is 10.8. The molecular weight excluding hydrogens is 163 g/mol. The molecule has 0 unspecified atom stereocenters. The van der Waals surface area contributed by atoms with E-state index in [4.69, 9.17) is 17.1 Å². The average Bonchev–Trinajstić information content (AvgIpc) is 2.03. The molecular formula is C6H18AlO4. The van der Waals surface area contributed by atoms with Crippen molar-refractivity contribution in [2.75, 3.05) is 40.6 Å². The van der Waals surface area contributed by atoms with Crippen molar-refractivity contribution in [3.8, 4) is 0 Å². The zero-order valence-corrected chi connectivity index (χ0v) is 8.19. The fourth-order valence-electron chi connectivity index (χ4n) is 0.407. The Bertz CT molecular complexity index is 71.7. The molecule has 0 bridgehead atoms. The van der Waals surface area contributed by atoms with Gasteiger partial charge in [-0.25, -0.2) is 0 Å². The van der Waals surface area contributed by atoms with Crippen LogP contribution in [-0.2, 0) is 17.1 Å². The standard InChI is InChI=1S/2C3H7O2.Al.2H2/c2*1-5-3-2-4;;;/h2*2-3H2,1H3;;2*1H/q2*-1;+2;;.